The highest BCUT2D eigenvalue weighted by Gasteiger charge is 2.10. The van der Waals surface area contributed by atoms with E-state index in [-0.39, 0.29) is 5.91 Å². The summed E-state index contributed by atoms with van der Waals surface area (Å²) >= 11 is 0. The third kappa shape index (κ3) is 7.83. The zero-order chi connectivity index (χ0) is 21.8. The van der Waals surface area contributed by atoms with Crippen molar-refractivity contribution in [1.82, 2.24) is 4.90 Å². The molecule has 0 unspecified atom stereocenters. The topological polar surface area (TPSA) is 69.3 Å². The van der Waals surface area contributed by atoms with E-state index in [9.17, 15) is 4.79 Å². The second kappa shape index (κ2) is 12.6. The number of methoxy groups -OCH3 is 1. The number of rotatable bonds is 13. The van der Waals surface area contributed by atoms with Gasteiger partial charge in [-0.1, -0.05) is 0 Å². The molecule has 0 fully saturated rings. The molecule has 1 N–H and O–H groups in total. The number of nitrogens with one attached hydrogen (secondary N) is 1. The van der Waals surface area contributed by atoms with Crippen molar-refractivity contribution in [2.24, 2.45) is 0 Å². The molecule has 30 heavy (non-hydrogen) atoms. The summed E-state index contributed by atoms with van der Waals surface area (Å²) in [6, 6.07) is 12.9. The van der Waals surface area contributed by atoms with Crippen LogP contribution in [0.1, 0.15) is 20.3 Å². The van der Waals surface area contributed by atoms with Gasteiger partial charge >= 0.3 is 0 Å². The highest BCUT2D eigenvalue weighted by Crippen LogP contribution is 2.30. The summed E-state index contributed by atoms with van der Waals surface area (Å²) < 4.78 is 22.0. The number of benzene rings is 2. The van der Waals surface area contributed by atoms with Crippen molar-refractivity contribution in [1.29, 1.82) is 0 Å². The first-order valence-electron chi connectivity index (χ1n) is 10.2. The molecule has 7 nitrogen and oxygen atoms in total. The molecule has 0 aliphatic rings. The molecular formula is C23H32N2O5. The third-order valence-corrected chi connectivity index (χ3v) is 4.25. The van der Waals surface area contributed by atoms with Crippen LogP contribution in [-0.4, -0.2) is 57.9 Å². The summed E-state index contributed by atoms with van der Waals surface area (Å²) in [5.74, 6) is 2.82. The minimum atomic E-state index is -0.0832. The summed E-state index contributed by atoms with van der Waals surface area (Å²) in [6.45, 7) is 6.53. The van der Waals surface area contributed by atoms with Gasteiger partial charge in [-0.25, -0.2) is 0 Å². The largest absolute Gasteiger partial charge is 0.497 e. The predicted molar refractivity (Wildman–Crippen MR) is 118 cm³/mol. The van der Waals surface area contributed by atoms with E-state index in [4.69, 9.17) is 18.9 Å². The minimum absolute atomic E-state index is 0.0832. The van der Waals surface area contributed by atoms with Crippen LogP contribution in [0.3, 0.4) is 0 Å². The van der Waals surface area contributed by atoms with Gasteiger partial charge in [-0.3, -0.25) is 9.69 Å². The molecule has 164 valence electrons. The minimum Gasteiger partial charge on any atom is -0.497 e. The number of carbonyl (C=O) groups excluding carboxylic acids is 1. The highest BCUT2D eigenvalue weighted by atomic mass is 16.5. The fourth-order valence-electron chi connectivity index (χ4n) is 2.85. The molecule has 0 atom stereocenters. The van der Waals surface area contributed by atoms with Gasteiger partial charge in [0.1, 0.15) is 11.5 Å². The Balaban J connectivity index is 1.73. The van der Waals surface area contributed by atoms with Gasteiger partial charge in [-0.15, -0.1) is 0 Å². The normalized spacial score (nSPS) is 10.6. The van der Waals surface area contributed by atoms with Crippen LogP contribution >= 0.6 is 0 Å². The number of ether oxygens (including phenoxy) is 4. The lowest BCUT2D eigenvalue weighted by Crippen LogP contribution is -2.31. The zero-order valence-electron chi connectivity index (χ0n) is 18.3. The second-order valence-corrected chi connectivity index (χ2v) is 6.69. The lowest BCUT2D eigenvalue weighted by molar-refractivity contribution is -0.117. The van der Waals surface area contributed by atoms with Gasteiger partial charge in [0.25, 0.3) is 0 Å². The number of hydrogen-bond acceptors (Lipinski definition) is 6. The fraction of sp³-hybridized carbons (Fsp3) is 0.435. The number of amides is 1. The maximum atomic E-state index is 12.3. The van der Waals surface area contributed by atoms with Gasteiger partial charge in [0.2, 0.25) is 5.91 Å². The molecule has 0 saturated carbocycles. The molecule has 0 bridgehead atoms. The van der Waals surface area contributed by atoms with Crippen molar-refractivity contribution in [2.45, 2.75) is 20.3 Å². The molecule has 2 aromatic carbocycles. The molecule has 0 aliphatic heterocycles. The zero-order valence-corrected chi connectivity index (χ0v) is 18.3. The van der Waals surface area contributed by atoms with E-state index in [0.29, 0.717) is 43.6 Å². The maximum absolute atomic E-state index is 12.3. The first-order valence-corrected chi connectivity index (χ1v) is 10.2. The average molecular weight is 417 g/mol. The van der Waals surface area contributed by atoms with Gasteiger partial charge in [0.05, 0.1) is 33.5 Å². The van der Waals surface area contributed by atoms with Crippen LogP contribution in [0.5, 0.6) is 23.0 Å². The molecule has 2 aromatic rings. The Labute approximate surface area is 178 Å². The molecule has 0 spiro atoms. The number of nitrogens with zero attached hydrogens (tertiary/aromatic N) is 1. The number of anilines is 1. The molecule has 2 rings (SSSR count). The van der Waals surface area contributed by atoms with E-state index in [1.807, 2.05) is 62.2 Å². The van der Waals surface area contributed by atoms with Gasteiger partial charge in [0.15, 0.2) is 11.5 Å². The Bertz CT molecular complexity index is 780. The summed E-state index contributed by atoms with van der Waals surface area (Å²) in [7, 11) is 3.55. The van der Waals surface area contributed by atoms with Crippen molar-refractivity contribution >= 4 is 11.6 Å². The quantitative estimate of drug-likeness (QED) is 0.501. The predicted octanol–water partition coefficient (Wildman–Crippen LogP) is 3.83. The molecule has 0 saturated heterocycles. The van der Waals surface area contributed by atoms with Crippen molar-refractivity contribution in [2.75, 3.05) is 52.4 Å². The molecule has 0 aliphatic carbocycles. The van der Waals surface area contributed by atoms with Gasteiger partial charge in [0, 0.05) is 18.3 Å². The Morgan fingerprint density at radius 2 is 1.60 bits per heavy atom. The van der Waals surface area contributed by atoms with Crippen LogP contribution in [0.2, 0.25) is 0 Å². The standard InChI is InChI=1S/C23H32N2O5/c1-5-28-21-13-8-18(16-22(21)29-6-2)24-23(26)17-25(3)14-7-15-30-20-11-9-19(27-4)10-12-20/h8-13,16H,5-7,14-15,17H2,1-4H3,(H,24,26). The van der Waals surface area contributed by atoms with Gasteiger partial charge in [-0.05, 0) is 63.7 Å². The monoisotopic (exact) mass is 416 g/mol. The smallest absolute Gasteiger partial charge is 0.238 e. The molecular weight excluding hydrogens is 384 g/mol. The van der Waals surface area contributed by atoms with Crippen LogP contribution in [0.25, 0.3) is 0 Å². The van der Waals surface area contributed by atoms with Crippen molar-refractivity contribution in [3.8, 4) is 23.0 Å². The Morgan fingerprint density at radius 1 is 0.933 bits per heavy atom. The van der Waals surface area contributed by atoms with Crippen LogP contribution in [0.4, 0.5) is 5.69 Å². The van der Waals surface area contributed by atoms with Crippen LogP contribution < -0.4 is 24.3 Å². The number of carbonyl (C=O) groups is 1. The first kappa shape index (κ1) is 23.3. The molecule has 0 heterocycles. The number of hydrogen-bond donors (Lipinski definition) is 1. The summed E-state index contributed by atoms with van der Waals surface area (Å²) in [6.07, 6.45) is 0.813. The van der Waals surface area contributed by atoms with Gasteiger partial charge in [-0.2, -0.15) is 0 Å². The van der Waals surface area contributed by atoms with E-state index >= 15 is 0 Å². The van der Waals surface area contributed by atoms with Crippen molar-refractivity contribution < 1.29 is 23.7 Å². The lowest BCUT2D eigenvalue weighted by atomic mass is 10.2. The van der Waals surface area contributed by atoms with Crippen molar-refractivity contribution in [3.63, 3.8) is 0 Å². The summed E-state index contributed by atoms with van der Waals surface area (Å²) in [5, 5.41) is 2.91. The fourth-order valence-corrected chi connectivity index (χ4v) is 2.85. The molecule has 0 radical (unpaired) electrons. The van der Waals surface area contributed by atoms with E-state index in [2.05, 4.69) is 5.32 Å². The Hall–Kier alpha value is -2.93. The van der Waals surface area contributed by atoms with Crippen LogP contribution in [0, 0.1) is 0 Å². The lowest BCUT2D eigenvalue weighted by Gasteiger charge is -2.17. The average Bonchev–Trinajstić information content (AvgIpc) is 2.73. The van der Waals surface area contributed by atoms with Crippen LogP contribution in [0.15, 0.2) is 42.5 Å². The first-order chi connectivity index (χ1) is 14.5. The molecule has 1 amide bonds. The summed E-state index contributed by atoms with van der Waals surface area (Å²) in [5.41, 5.74) is 0.683. The second-order valence-electron chi connectivity index (χ2n) is 6.69. The Morgan fingerprint density at radius 3 is 2.27 bits per heavy atom. The van der Waals surface area contributed by atoms with E-state index < -0.39 is 0 Å². The Kier molecular flexibility index (Phi) is 9.80. The van der Waals surface area contributed by atoms with Crippen molar-refractivity contribution in [3.05, 3.63) is 42.5 Å². The van der Waals surface area contributed by atoms with E-state index in [1.165, 1.54) is 0 Å². The highest BCUT2D eigenvalue weighted by molar-refractivity contribution is 5.92. The SMILES string of the molecule is CCOc1ccc(NC(=O)CN(C)CCCOc2ccc(OC)cc2)cc1OCC. The maximum Gasteiger partial charge on any atom is 0.238 e. The molecule has 7 heteroatoms. The number of likely N-dealkylation sites (N-methyl/N-ethyl adjacent to an activating group) is 1. The van der Waals surface area contributed by atoms with E-state index in [1.54, 1.807) is 13.2 Å². The van der Waals surface area contributed by atoms with Gasteiger partial charge < -0.3 is 24.3 Å². The molecule has 0 aromatic heterocycles. The third-order valence-electron chi connectivity index (χ3n) is 4.25. The van der Waals surface area contributed by atoms with E-state index in [0.717, 1.165) is 24.5 Å². The van der Waals surface area contributed by atoms with Crippen LogP contribution in [-0.2, 0) is 4.79 Å². The summed E-state index contributed by atoms with van der Waals surface area (Å²) in [4.78, 5) is 14.3.